The van der Waals surface area contributed by atoms with Gasteiger partial charge in [0.15, 0.2) is 18.9 Å². The van der Waals surface area contributed by atoms with Gasteiger partial charge in [0.25, 0.3) is 0 Å². The molecular weight excluding hydrogens is 512 g/mol. The van der Waals surface area contributed by atoms with Crippen molar-refractivity contribution in [2.75, 3.05) is 34.0 Å². The highest BCUT2D eigenvalue weighted by Crippen LogP contribution is 2.30. The van der Waals surface area contributed by atoms with Gasteiger partial charge in [-0.15, -0.1) is 0 Å². The summed E-state index contributed by atoms with van der Waals surface area (Å²) in [5.41, 5.74) is 0. The Kier molecular flexibility index (Phi) is 12.9. The highest BCUT2D eigenvalue weighted by atomic mass is 16.7. The van der Waals surface area contributed by atoms with Gasteiger partial charge in [0.2, 0.25) is 0 Å². The van der Waals surface area contributed by atoms with Crippen molar-refractivity contribution in [2.24, 2.45) is 0 Å². The summed E-state index contributed by atoms with van der Waals surface area (Å²) in [5, 5.41) is 104. The normalized spacial score (nSPS) is 48.7. The SMILES string of the molecule is COC1OC(CO)C(OC2OC(CO)C(OC)C(O)C2O)C(O)C1O.OCC1OC(O)C(O)C(O)C1O. The summed E-state index contributed by atoms with van der Waals surface area (Å²) in [7, 11) is 2.55. The van der Waals surface area contributed by atoms with Crippen molar-refractivity contribution >= 4 is 0 Å². The molecule has 37 heavy (non-hydrogen) atoms. The predicted molar refractivity (Wildman–Crippen MR) is 114 cm³/mol. The second-order valence-electron chi connectivity index (χ2n) is 8.67. The molecule has 3 heterocycles. The van der Waals surface area contributed by atoms with Crippen LogP contribution in [-0.2, 0) is 28.4 Å². The van der Waals surface area contributed by atoms with E-state index in [1.54, 1.807) is 0 Å². The zero-order chi connectivity index (χ0) is 28.0. The van der Waals surface area contributed by atoms with E-state index in [1.807, 2.05) is 0 Å². The van der Waals surface area contributed by atoms with Crippen molar-refractivity contribution in [2.45, 2.75) is 92.1 Å². The van der Waals surface area contributed by atoms with Crippen LogP contribution in [0.1, 0.15) is 0 Å². The first-order valence-electron chi connectivity index (χ1n) is 11.4. The Hall–Kier alpha value is -0.680. The van der Waals surface area contributed by atoms with Crippen LogP contribution >= 0.6 is 0 Å². The van der Waals surface area contributed by atoms with E-state index in [2.05, 4.69) is 4.74 Å². The minimum absolute atomic E-state index is 0.510. The molecule has 0 saturated carbocycles. The van der Waals surface area contributed by atoms with Gasteiger partial charge >= 0.3 is 0 Å². The lowest BCUT2D eigenvalue weighted by Gasteiger charge is -2.46. The summed E-state index contributed by atoms with van der Waals surface area (Å²) in [6, 6.07) is 0. The summed E-state index contributed by atoms with van der Waals surface area (Å²) in [5.74, 6) is 0. The van der Waals surface area contributed by atoms with Gasteiger partial charge in [-0.2, -0.15) is 0 Å². The Morgan fingerprint density at radius 2 is 0.973 bits per heavy atom. The van der Waals surface area contributed by atoms with Gasteiger partial charge < -0.3 is 84.6 Å². The molecule has 11 N–H and O–H groups in total. The maximum absolute atomic E-state index is 10.2. The number of hydrogen-bond acceptors (Lipinski definition) is 17. The van der Waals surface area contributed by atoms with E-state index in [0.717, 1.165) is 0 Å². The Balaban J connectivity index is 0.000000335. The van der Waals surface area contributed by atoms with Crippen molar-refractivity contribution in [3.8, 4) is 0 Å². The summed E-state index contributed by atoms with van der Waals surface area (Å²) in [4.78, 5) is 0. The van der Waals surface area contributed by atoms with E-state index in [4.69, 9.17) is 49.2 Å². The van der Waals surface area contributed by atoms with Crippen LogP contribution in [0.2, 0.25) is 0 Å². The molecule has 0 bridgehead atoms. The second-order valence-corrected chi connectivity index (χ2v) is 8.67. The lowest BCUT2D eigenvalue weighted by Crippen LogP contribution is -2.64. The lowest BCUT2D eigenvalue weighted by molar-refractivity contribution is -0.358. The maximum Gasteiger partial charge on any atom is 0.187 e. The van der Waals surface area contributed by atoms with Crippen molar-refractivity contribution in [1.29, 1.82) is 0 Å². The van der Waals surface area contributed by atoms with Crippen molar-refractivity contribution in [3.63, 3.8) is 0 Å². The zero-order valence-corrected chi connectivity index (χ0v) is 20.2. The molecule has 0 aromatic rings. The lowest BCUT2D eigenvalue weighted by atomic mass is 9.97. The molecule has 17 nitrogen and oxygen atoms in total. The molecule has 17 heteroatoms. The molecule has 3 aliphatic rings. The fourth-order valence-electron chi connectivity index (χ4n) is 4.11. The zero-order valence-electron chi connectivity index (χ0n) is 20.2. The van der Waals surface area contributed by atoms with Gasteiger partial charge in [-0.3, -0.25) is 0 Å². The fourth-order valence-corrected chi connectivity index (χ4v) is 4.11. The van der Waals surface area contributed by atoms with E-state index in [-0.39, 0.29) is 0 Å². The fraction of sp³-hybridized carbons (Fsp3) is 1.00. The molecular formula is C20H38O17. The van der Waals surface area contributed by atoms with E-state index in [0.29, 0.717) is 0 Å². The standard InChI is InChI=1S/C14H26O11.C6H12O6/c1-21-11-5(3-15)24-14(10(20)7(11)17)25-12-6(4-16)23-13(22-2)9(19)8(12)18;7-1-2-3(8)4(9)5(10)6(11)12-2/h5-20H,3-4H2,1-2H3;2-11H,1H2. The largest absolute Gasteiger partial charge is 0.394 e. The molecule has 15 unspecified atom stereocenters. The molecule has 0 amide bonds. The topological polar surface area (TPSA) is 278 Å². The van der Waals surface area contributed by atoms with E-state index >= 15 is 0 Å². The molecule has 0 spiro atoms. The van der Waals surface area contributed by atoms with Gasteiger partial charge in [0, 0.05) is 14.2 Å². The van der Waals surface area contributed by atoms with Crippen LogP contribution in [0.15, 0.2) is 0 Å². The van der Waals surface area contributed by atoms with Gasteiger partial charge in [-0.1, -0.05) is 0 Å². The first-order valence-corrected chi connectivity index (χ1v) is 11.4. The molecule has 3 saturated heterocycles. The van der Waals surface area contributed by atoms with Crippen LogP contribution in [0.5, 0.6) is 0 Å². The molecule has 220 valence electrons. The Labute approximate surface area is 211 Å². The minimum Gasteiger partial charge on any atom is -0.394 e. The molecule has 0 radical (unpaired) electrons. The Morgan fingerprint density at radius 1 is 0.486 bits per heavy atom. The third kappa shape index (κ3) is 7.29. The van der Waals surface area contributed by atoms with E-state index in [9.17, 15) is 30.6 Å². The first kappa shape index (κ1) is 32.5. The van der Waals surface area contributed by atoms with Gasteiger partial charge in [0.05, 0.1) is 19.8 Å². The van der Waals surface area contributed by atoms with Crippen LogP contribution in [0.4, 0.5) is 0 Å². The summed E-state index contributed by atoms with van der Waals surface area (Å²) >= 11 is 0. The van der Waals surface area contributed by atoms with Gasteiger partial charge in [-0.25, -0.2) is 0 Å². The minimum atomic E-state index is -1.57. The third-order valence-electron chi connectivity index (χ3n) is 6.30. The smallest absolute Gasteiger partial charge is 0.187 e. The van der Waals surface area contributed by atoms with Crippen molar-refractivity contribution in [3.05, 3.63) is 0 Å². The Morgan fingerprint density at radius 3 is 1.49 bits per heavy atom. The second kappa shape index (κ2) is 14.6. The molecule has 15 atom stereocenters. The number of hydrogen-bond donors (Lipinski definition) is 11. The number of aliphatic hydroxyl groups excluding tert-OH is 11. The van der Waals surface area contributed by atoms with Crippen LogP contribution in [0.25, 0.3) is 0 Å². The summed E-state index contributed by atoms with van der Waals surface area (Å²) in [6.07, 6.45) is -20.0. The maximum atomic E-state index is 10.2. The van der Waals surface area contributed by atoms with Crippen molar-refractivity contribution < 1.29 is 84.6 Å². The summed E-state index contributed by atoms with van der Waals surface area (Å²) < 4.78 is 30.6. The molecule has 0 aromatic heterocycles. The van der Waals surface area contributed by atoms with Crippen molar-refractivity contribution in [1.82, 2.24) is 0 Å². The first-order chi connectivity index (χ1) is 17.5. The predicted octanol–water partition coefficient (Wildman–Crippen LogP) is -7.31. The molecule has 3 aliphatic heterocycles. The van der Waals surface area contributed by atoms with E-state index < -0.39 is 112 Å². The van der Waals surface area contributed by atoms with Crippen LogP contribution < -0.4 is 0 Å². The molecule has 3 fully saturated rings. The van der Waals surface area contributed by atoms with Gasteiger partial charge in [0.1, 0.15) is 73.2 Å². The van der Waals surface area contributed by atoms with Gasteiger partial charge in [-0.05, 0) is 0 Å². The Bertz CT molecular complexity index is 650. The van der Waals surface area contributed by atoms with Crippen LogP contribution in [0.3, 0.4) is 0 Å². The summed E-state index contributed by atoms with van der Waals surface area (Å²) in [6.45, 7) is -1.60. The number of ether oxygens (including phenoxy) is 6. The average molecular weight is 551 g/mol. The quantitative estimate of drug-likeness (QED) is 0.140. The highest BCUT2D eigenvalue weighted by molar-refractivity contribution is 4.94. The highest BCUT2D eigenvalue weighted by Gasteiger charge is 2.51. The third-order valence-corrected chi connectivity index (χ3v) is 6.30. The van der Waals surface area contributed by atoms with Crippen LogP contribution in [0, 0.1) is 0 Å². The monoisotopic (exact) mass is 550 g/mol. The molecule has 0 aliphatic carbocycles. The van der Waals surface area contributed by atoms with E-state index in [1.165, 1.54) is 14.2 Å². The number of rotatable bonds is 7. The molecule has 3 rings (SSSR count). The number of methoxy groups -OCH3 is 2. The number of aliphatic hydroxyl groups is 11. The average Bonchev–Trinajstić information content (AvgIpc) is 2.90. The molecule has 0 aromatic carbocycles. The van der Waals surface area contributed by atoms with Crippen LogP contribution in [-0.4, -0.2) is 182 Å².